The number of benzene rings is 3. The Hall–Kier alpha value is -7.92. The lowest BCUT2D eigenvalue weighted by Crippen LogP contribution is -2.56. The normalized spacial score (nSPS) is 18.4. The lowest BCUT2D eigenvalue weighted by molar-refractivity contribution is -0.146. The molecule has 0 unspecified atom stereocenters. The Morgan fingerprint density at radius 2 is 1.02 bits per heavy atom. The number of rotatable bonds is 13. The lowest BCUT2D eigenvalue weighted by atomic mass is 9.81. The molecule has 9 heterocycles. The van der Waals surface area contributed by atoms with Gasteiger partial charge in [0, 0.05) is 133 Å². The number of amides is 3. The zero-order chi connectivity index (χ0) is 72.7. The van der Waals surface area contributed by atoms with E-state index >= 15 is 0 Å². The van der Waals surface area contributed by atoms with Crippen LogP contribution in [0, 0.1) is 5.82 Å². The minimum absolute atomic E-state index is 0. The Balaban J connectivity index is 0.000000193. The molecule has 6 aliphatic rings. The van der Waals surface area contributed by atoms with Gasteiger partial charge in [0.05, 0.1) is 67.9 Å². The summed E-state index contributed by atoms with van der Waals surface area (Å²) in [6, 6.07) is 23.5. The summed E-state index contributed by atoms with van der Waals surface area (Å²) in [5, 5.41) is 13.5. The number of halogens is 10. The molecule has 3 spiro atoms. The Labute approximate surface area is 577 Å². The standard InChI is InChI=1S/C26H32F3N3O4.C23H27F4N3O2.C23H28F3N3O3.2H2/c1-18(33)21-6-7-23-25(30(2)13-14-32(21)23)8-11-31(12-9-25)24(34)19-4-5-20(22(16-19)35-3)17-36-15-10-26(27,28)29;1-21(2,32)16-5-4-15(14-17(16)24)20(31)29-10-8-22(9-11-29)18-6-7-19(23(25,26)27)30(18)13-12-28(22)3;1-15(2)32-17-5-4-16(14-18(17)31-3)21(30)28-11-8-22(9-12-28)19-6-7-20(23(24,25)26)29(19)13-10-27-22;;/h4-7,16H,8-15,17H2,1-3H3;4-7,14,32H,8-13H2,1-3H3;4-7,14-15,27H,8-13H2,1-3H3;2*1H. The van der Waals surface area contributed by atoms with E-state index in [9.17, 15) is 68.2 Å². The summed E-state index contributed by atoms with van der Waals surface area (Å²) in [6.07, 6.45) is -10.5. The first-order valence-corrected chi connectivity index (χ1v) is 33.5. The van der Waals surface area contributed by atoms with Crippen molar-refractivity contribution >= 4 is 23.5 Å². The number of fused-ring (bicyclic) bond motifs is 6. The largest absolute Gasteiger partial charge is 0.496 e. The van der Waals surface area contributed by atoms with Gasteiger partial charge in [-0.2, -0.15) is 39.5 Å². The zero-order valence-corrected chi connectivity index (χ0v) is 57.7. The van der Waals surface area contributed by atoms with Gasteiger partial charge in [0.15, 0.2) is 17.3 Å². The minimum Gasteiger partial charge on any atom is -0.496 e. The molecule has 3 aromatic carbocycles. The number of ether oxygens (including phenoxy) is 4. The van der Waals surface area contributed by atoms with Gasteiger partial charge < -0.3 is 57.8 Å². The molecule has 0 radical (unpaired) electrons. The Morgan fingerprint density at radius 1 is 0.560 bits per heavy atom. The Bertz CT molecular complexity index is 3950. The van der Waals surface area contributed by atoms with Crippen LogP contribution >= 0.6 is 0 Å². The van der Waals surface area contributed by atoms with Gasteiger partial charge in [-0.3, -0.25) is 29.0 Å². The number of piperidine rings is 3. The molecule has 0 bridgehead atoms. The number of nitrogens with one attached hydrogen (secondary N) is 1. The lowest BCUT2D eigenvalue weighted by Gasteiger charge is -2.50. The highest BCUT2D eigenvalue weighted by molar-refractivity contribution is 5.96. The number of likely N-dealkylation sites (N-methyl/N-ethyl adjacent to an activating group) is 2. The first-order valence-electron chi connectivity index (χ1n) is 33.5. The van der Waals surface area contributed by atoms with Crippen LogP contribution in [0.1, 0.15) is 164 Å². The number of Topliss-reactive ketones (excluding diaryl/α,β-unsaturated/α-hetero) is 1. The summed E-state index contributed by atoms with van der Waals surface area (Å²) >= 11 is 0. The van der Waals surface area contributed by atoms with Crippen LogP contribution in [0.2, 0.25) is 0 Å². The molecule has 3 fully saturated rings. The molecule has 3 saturated heterocycles. The second-order valence-electron chi connectivity index (χ2n) is 27.3. The highest BCUT2D eigenvalue weighted by atomic mass is 19.4. The van der Waals surface area contributed by atoms with Gasteiger partial charge in [-0.1, -0.05) is 12.1 Å². The topological polar surface area (TPSA) is 168 Å². The van der Waals surface area contributed by atoms with Crippen LogP contribution < -0.4 is 19.5 Å². The number of ketones is 1. The molecule has 100 heavy (non-hydrogen) atoms. The van der Waals surface area contributed by atoms with E-state index in [4.69, 9.17) is 18.9 Å². The van der Waals surface area contributed by atoms with Crippen molar-refractivity contribution in [3.8, 4) is 17.2 Å². The molecule has 548 valence electrons. The fraction of sp³-hybridized carbons (Fsp3) is 0.528. The predicted molar refractivity (Wildman–Crippen MR) is 355 cm³/mol. The summed E-state index contributed by atoms with van der Waals surface area (Å²) in [4.78, 5) is 61.1. The number of likely N-dealkylation sites (tertiary alicyclic amines) is 3. The zero-order valence-electron chi connectivity index (χ0n) is 57.7. The molecular weight excluding hydrogens is 1320 g/mol. The number of aliphatic hydroxyl groups is 1. The van der Waals surface area contributed by atoms with Gasteiger partial charge in [-0.05, 0) is 159 Å². The molecule has 12 rings (SSSR count). The number of nitrogens with zero attached hydrogens (tertiary/aromatic N) is 8. The molecule has 6 aliphatic heterocycles. The number of aromatic nitrogens is 3. The first kappa shape index (κ1) is 74.8. The monoisotopic (exact) mass is 1420 g/mol. The van der Waals surface area contributed by atoms with E-state index in [-0.39, 0.29) is 68.8 Å². The molecule has 6 aromatic rings. The second kappa shape index (κ2) is 29.2. The van der Waals surface area contributed by atoms with Crippen LogP contribution in [0.15, 0.2) is 91.0 Å². The van der Waals surface area contributed by atoms with Gasteiger partial charge in [0.25, 0.3) is 17.7 Å². The van der Waals surface area contributed by atoms with Gasteiger partial charge >= 0.3 is 18.5 Å². The molecular formula is C72H91F10N9O9. The van der Waals surface area contributed by atoms with Crippen LogP contribution in [0.5, 0.6) is 17.2 Å². The Kier molecular flexibility index (Phi) is 21.8. The van der Waals surface area contributed by atoms with Gasteiger partial charge in [0.1, 0.15) is 23.0 Å². The van der Waals surface area contributed by atoms with Crippen LogP contribution in [0.25, 0.3) is 0 Å². The van der Waals surface area contributed by atoms with Crippen molar-refractivity contribution in [2.24, 2.45) is 0 Å². The maximum atomic E-state index is 14.4. The third-order valence-corrected chi connectivity index (χ3v) is 20.5. The van der Waals surface area contributed by atoms with Gasteiger partial charge in [-0.15, -0.1) is 0 Å². The van der Waals surface area contributed by atoms with Crippen LogP contribution in [0.4, 0.5) is 43.9 Å². The summed E-state index contributed by atoms with van der Waals surface area (Å²) in [5.74, 6) is 0.294. The van der Waals surface area contributed by atoms with Crippen LogP contribution in [-0.4, -0.2) is 173 Å². The predicted octanol–water partition coefficient (Wildman–Crippen LogP) is 12.7. The quantitative estimate of drug-likeness (QED) is 0.0639. The number of hydrogen-bond donors (Lipinski definition) is 2. The third-order valence-electron chi connectivity index (χ3n) is 20.5. The van der Waals surface area contributed by atoms with Crippen molar-refractivity contribution in [3.05, 3.63) is 159 Å². The summed E-state index contributed by atoms with van der Waals surface area (Å²) in [7, 11) is 6.99. The van der Waals surface area contributed by atoms with Gasteiger partial charge in [-0.25, -0.2) is 4.39 Å². The second-order valence-corrected chi connectivity index (χ2v) is 27.3. The molecule has 28 heteroatoms. The maximum Gasteiger partial charge on any atom is 0.431 e. The van der Waals surface area contributed by atoms with Crippen molar-refractivity contribution in [1.29, 1.82) is 0 Å². The van der Waals surface area contributed by atoms with Crippen molar-refractivity contribution < 1.29 is 90.0 Å². The molecule has 0 atom stereocenters. The number of alkyl halides is 9. The molecule has 2 N–H and O–H groups in total. The molecule has 18 nitrogen and oxygen atoms in total. The average molecular weight is 1420 g/mol. The first-order chi connectivity index (χ1) is 47.0. The SMILES string of the molecule is CN1CCn2c(C(F)(F)F)ccc2C12CCN(C(=O)c1ccc(C(C)(C)O)c(F)c1)CC2.COc1cc(C(=O)N2CCC3(CC2)NCCn2c(C(F)(F)F)ccc23)ccc1OC(C)C.COc1cc(C(=O)N2CCC3(CC2)c2ccc(C(C)=O)n2CCN3C)ccc1COCCC(F)(F)F.[HH].[HH]. The van der Waals surface area contributed by atoms with Crippen molar-refractivity contribution in [1.82, 2.24) is 43.5 Å². The van der Waals surface area contributed by atoms with Crippen molar-refractivity contribution in [2.45, 2.75) is 153 Å². The van der Waals surface area contributed by atoms with E-state index in [0.29, 0.717) is 123 Å². The third kappa shape index (κ3) is 15.5. The van der Waals surface area contributed by atoms with Crippen molar-refractivity contribution in [2.75, 3.05) is 93.8 Å². The number of methoxy groups -OCH3 is 2. The smallest absolute Gasteiger partial charge is 0.431 e. The summed E-state index contributed by atoms with van der Waals surface area (Å²) in [5.41, 5.74) is 1.01. The molecule has 0 saturated carbocycles. The fourth-order valence-electron chi connectivity index (χ4n) is 15.1. The number of carbonyl (C=O) groups excluding carboxylic acids is 4. The van der Waals surface area contributed by atoms with Crippen molar-refractivity contribution in [3.63, 3.8) is 0 Å². The van der Waals surface area contributed by atoms with E-state index < -0.39 is 65.4 Å². The Morgan fingerprint density at radius 3 is 1.51 bits per heavy atom. The van der Waals surface area contributed by atoms with E-state index in [1.54, 1.807) is 65.3 Å². The van der Waals surface area contributed by atoms with E-state index in [1.807, 2.05) is 37.9 Å². The number of hydrogen-bond acceptors (Lipinski definition) is 12. The number of carbonyl (C=O) groups is 4. The highest BCUT2D eigenvalue weighted by Crippen LogP contribution is 2.46. The summed E-state index contributed by atoms with van der Waals surface area (Å²) in [6.45, 7) is 13.7. The van der Waals surface area contributed by atoms with Crippen LogP contribution in [-0.2, 0) is 65.5 Å². The van der Waals surface area contributed by atoms with E-state index in [1.165, 1.54) is 49.3 Å². The average Bonchev–Trinajstić information content (AvgIpc) is 1.51. The van der Waals surface area contributed by atoms with E-state index in [0.717, 1.165) is 55.5 Å². The molecule has 0 aliphatic carbocycles. The fourth-order valence-corrected chi connectivity index (χ4v) is 15.1. The van der Waals surface area contributed by atoms with Gasteiger partial charge in [0.2, 0.25) is 0 Å². The highest BCUT2D eigenvalue weighted by Gasteiger charge is 2.50. The summed E-state index contributed by atoms with van der Waals surface area (Å²) < 4.78 is 158. The van der Waals surface area contributed by atoms with Crippen LogP contribution in [0.3, 0.4) is 0 Å². The maximum absolute atomic E-state index is 14.4. The molecule has 3 amide bonds. The van der Waals surface area contributed by atoms with E-state index in [2.05, 4.69) is 26.7 Å². The molecule has 3 aromatic heterocycles. The minimum atomic E-state index is -4.41.